The fourth-order valence-electron chi connectivity index (χ4n) is 2.41. The molecule has 4 nitrogen and oxygen atoms in total. The summed E-state index contributed by atoms with van der Waals surface area (Å²) in [5.74, 6) is 0.280. The van der Waals surface area contributed by atoms with Crippen molar-refractivity contribution in [2.24, 2.45) is 0 Å². The number of hydrogen-bond donors (Lipinski definition) is 0. The Balaban J connectivity index is 2.01. The van der Waals surface area contributed by atoms with Gasteiger partial charge in [-0.05, 0) is 38.8 Å². The van der Waals surface area contributed by atoms with Gasteiger partial charge in [-0.3, -0.25) is 4.79 Å². The summed E-state index contributed by atoms with van der Waals surface area (Å²) in [7, 11) is 0. The molecular formula is C16H21NO3. The summed E-state index contributed by atoms with van der Waals surface area (Å²) in [5.41, 5.74) is 1.32. The van der Waals surface area contributed by atoms with Gasteiger partial charge in [0, 0.05) is 24.6 Å². The van der Waals surface area contributed by atoms with Crippen molar-refractivity contribution in [1.29, 1.82) is 0 Å². The number of aldehydes is 1. The first-order chi connectivity index (χ1) is 9.39. The zero-order valence-corrected chi connectivity index (χ0v) is 12.3. The van der Waals surface area contributed by atoms with Crippen molar-refractivity contribution in [3.8, 4) is 0 Å². The van der Waals surface area contributed by atoms with Crippen LogP contribution in [-0.2, 0) is 4.74 Å². The highest BCUT2D eigenvalue weighted by Gasteiger charge is 2.30. The van der Waals surface area contributed by atoms with Crippen LogP contribution in [0.1, 0.15) is 49.0 Å². The summed E-state index contributed by atoms with van der Waals surface area (Å²) in [6, 6.07) is 7.58. The minimum absolute atomic E-state index is 0.258. The lowest BCUT2D eigenvalue weighted by molar-refractivity contribution is 0.0292. The van der Waals surface area contributed by atoms with E-state index in [0.717, 1.165) is 18.3 Å². The van der Waals surface area contributed by atoms with Gasteiger partial charge in [-0.25, -0.2) is 4.79 Å². The SMILES string of the molecule is CC(C)(C)OC(=O)N1CCC(c2cccc(C=O)c2)C1. The molecule has 108 valence electrons. The van der Waals surface area contributed by atoms with Crippen LogP contribution in [0.2, 0.25) is 0 Å². The third-order valence-corrected chi connectivity index (χ3v) is 3.36. The van der Waals surface area contributed by atoms with E-state index in [1.54, 1.807) is 11.0 Å². The summed E-state index contributed by atoms with van der Waals surface area (Å²) < 4.78 is 5.38. The van der Waals surface area contributed by atoms with Gasteiger partial charge in [-0.1, -0.05) is 18.2 Å². The lowest BCUT2D eigenvalue weighted by Gasteiger charge is -2.24. The van der Waals surface area contributed by atoms with Crippen molar-refractivity contribution >= 4 is 12.4 Å². The molecule has 0 aliphatic carbocycles. The molecular weight excluding hydrogens is 254 g/mol. The predicted octanol–water partition coefficient (Wildman–Crippen LogP) is 3.22. The second-order valence-corrected chi connectivity index (χ2v) is 6.20. The number of benzene rings is 1. The number of nitrogens with zero attached hydrogens (tertiary/aromatic N) is 1. The Kier molecular flexibility index (Phi) is 4.12. The lowest BCUT2D eigenvalue weighted by atomic mass is 9.97. The van der Waals surface area contributed by atoms with Crippen molar-refractivity contribution < 1.29 is 14.3 Å². The molecule has 0 saturated carbocycles. The van der Waals surface area contributed by atoms with Crippen molar-refractivity contribution in [3.63, 3.8) is 0 Å². The molecule has 1 atom stereocenters. The highest BCUT2D eigenvalue weighted by atomic mass is 16.6. The Morgan fingerprint density at radius 3 is 2.80 bits per heavy atom. The topological polar surface area (TPSA) is 46.6 Å². The van der Waals surface area contributed by atoms with Crippen LogP contribution >= 0.6 is 0 Å². The first-order valence-corrected chi connectivity index (χ1v) is 6.92. The van der Waals surface area contributed by atoms with Crippen LogP contribution in [-0.4, -0.2) is 36.0 Å². The molecule has 2 rings (SSSR count). The summed E-state index contributed by atoms with van der Waals surface area (Å²) in [6.07, 6.45) is 1.50. The molecule has 0 radical (unpaired) electrons. The molecule has 1 aliphatic rings. The molecule has 0 N–H and O–H groups in total. The van der Waals surface area contributed by atoms with E-state index in [-0.39, 0.29) is 12.0 Å². The first-order valence-electron chi connectivity index (χ1n) is 6.92. The van der Waals surface area contributed by atoms with Crippen molar-refractivity contribution in [3.05, 3.63) is 35.4 Å². The van der Waals surface area contributed by atoms with Crippen LogP contribution in [0.25, 0.3) is 0 Å². The highest BCUT2D eigenvalue weighted by Crippen LogP contribution is 2.28. The van der Waals surface area contributed by atoms with E-state index in [1.807, 2.05) is 39.0 Å². The quantitative estimate of drug-likeness (QED) is 0.778. The average Bonchev–Trinajstić information content (AvgIpc) is 2.86. The Labute approximate surface area is 119 Å². The van der Waals surface area contributed by atoms with Gasteiger partial charge in [-0.15, -0.1) is 0 Å². The molecule has 1 aromatic carbocycles. The minimum Gasteiger partial charge on any atom is -0.444 e. The Bertz CT molecular complexity index is 505. The molecule has 20 heavy (non-hydrogen) atoms. The number of likely N-dealkylation sites (tertiary alicyclic amines) is 1. The average molecular weight is 275 g/mol. The highest BCUT2D eigenvalue weighted by molar-refractivity contribution is 5.75. The van der Waals surface area contributed by atoms with E-state index in [0.29, 0.717) is 18.7 Å². The van der Waals surface area contributed by atoms with E-state index in [1.165, 1.54) is 0 Å². The van der Waals surface area contributed by atoms with Crippen molar-refractivity contribution in [2.75, 3.05) is 13.1 Å². The second-order valence-electron chi connectivity index (χ2n) is 6.20. The van der Waals surface area contributed by atoms with Gasteiger partial charge in [0.1, 0.15) is 11.9 Å². The molecule has 1 aromatic rings. The number of rotatable bonds is 2. The van der Waals surface area contributed by atoms with Crippen LogP contribution in [0.4, 0.5) is 4.79 Å². The van der Waals surface area contributed by atoms with E-state index in [2.05, 4.69) is 0 Å². The van der Waals surface area contributed by atoms with Gasteiger partial charge >= 0.3 is 6.09 Å². The molecule has 0 spiro atoms. The number of amides is 1. The van der Waals surface area contributed by atoms with E-state index in [9.17, 15) is 9.59 Å². The number of hydrogen-bond acceptors (Lipinski definition) is 3. The van der Waals surface area contributed by atoms with E-state index >= 15 is 0 Å². The second kappa shape index (κ2) is 5.65. The molecule has 0 bridgehead atoms. The summed E-state index contributed by atoms with van der Waals surface area (Å²) in [6.45, 7) is 6.95. The Hall–Kier alpha value is -1.84. The van der Waals surface area contributed by atoms with E-state index < -0.39 is 5.60 Å². The van der Waals surface area contributed by atoms with Crippen LogP contribution in [0, 0.1) is 0 Å². The van der Waals surface area contributed by atoms with Crippen LogP contribution in [0.3, 0.4) is 0 Å². The Morgan fingerprint density at radius 2 is 2.15 bits per heavy atom. The lowest BCUT2D eigenvalue weighted by Crippen LogP contribution is -2.35. The maximum absolute atomic E-state index is 12.0. The van der Waals surface area contributed by atoms with Crippen molar-refractivity contribution in [1.82, 2.24) is 4.90 Å². The molecule has 1 heterocycles. The first kappa shape index (κ1) is 14.6. The van der Waals surface area contributed by atoms with Gasteiger partial charge in [0.15, 0.2) is 0 Å². The van der Waals surface area contributed by atoms with Crippen LogP contribution < -0.4 is 0 Å². The molecule has 1 aliphatic heterocycles. The van der Waals surface area contributed by atoms with Crippen LogP contribution in [0.15, 0.2) is 24.3 Å². The number of carbonyl (C=O) groups is 2. The third-order valence-electron chi connectivity index (χ3n) is 3.36. The third kappa shape index (κ3) is 3.59. The maximum atomic E-state index is 12.0. The van der Waals surface area contributed by atoms with Gasteiger partial charge < -0.3 is 9.64 Å². The molecule has 1 fully saturated rings. The molecule has 1 saturated heterocycles. The molecule has 4 heteroatoms. The molecule has 1 unspecified atom stereocenters. The fourth-order valence-corrected chi connectivity index (χ4v) is 2.41. The van der Waals surface area contributed by atoms with Gasteiger partial charge in [0.25, 0.3) is 0 Å². The van der Waals surface area contributed by atoms with Crippen molar-refractivity contribution in [2.45, 2.75) is 38.7 Å². The Morgan fingerprint density at radius 1 is 1.40 bits per heavy atom. The maximum Gasteiger partial charge on any atom is 0.410 e. The monoisotopic (exact) mass is 275 g/mol. The number of carbonyl (C=O) groups excluding carboxylic acids is 2. The number of ether oxygens (including phenoxy) is 1. The van der Waals surface area contributed by atoms with Crippen LogP contribution in [0.5, 0.6) is 0 Å². The van der Waals surface area contributed by atoms with Gasteiger partial charge in [0.2, 0.25) is 0 Å². The zero-order valence-electron chi connectivity index (χ0n) is 12.3. The minimum atomic E-state index is -0.466. The largest absolute Gasteiger partial charge is 0.444 e. The summed E-state index contributed by atoms with van der Waals surface area (Å²) >= 11 is 0. The molecule has 1 amide bonds. The summed E-state index contributed by atoms with van der Waals surface area (Å²) in [4.78, 5) is 24.6. The smallest absolute Gasteiger partial charge is 0.410 e. The fraction of sp³-hybridized carbons (Fsp3) is 0.500. The van der Waals surface area contributed by atoms with E-state index in [4.69, 9.17) is 4.74 Å². The zero-order chi connectivity index (χ0) is 14.8. The normalized spacial score (nSPS) is 18.9. The molecule has 0 aromatic heterocycles. The van der Waals surface area contributed by atoms with Gasteiger partial charge in [-0.2, -0.15) is 0 Å². The predicted molar refractivity (Wildman–Crippen MR) is 77.0 cm³/mol. The van der Waals surface area contributed by atoms with Gasteiger partial charge in [0.05, 0.1) is 0 Å². The summed E-state index contributed by atoms with van der Waals surface area (Å²) in [5, 5.41) is 0. The standard InChI is InChI=1S/C16H21NO3/c1-16(2,3)20-15(19)17-8-7-14(10-17)13-6-4-5-12(9-13)11-18/h4-6,9,11,14H,7-8,10H2,1-3H3.